The van der Waals surface area contributed by atoms with Gasteiger partial charge >= 0.3 is 13.0 Å². The first kappa shape index (κ1) is 12.6. The number of pyridine rings is 1. The molecule has 1 aromatic heterocycles. The molecule has 0 N–H and O–H groups in total. The van der Waals surface area contributed by atoms with Crippen LogP contribution in [0.4, 0.5) is 21.8 Å². The summed E-state index contributed by atoms with van der Waals surface area (Å²) in [6.45, 7) is -5.93. The molecular formula is C10H7BF5NO. The summed E-state index contributed by atoms with van der Waals surface area (Å²) in [5.74, 6) is 0. The van der Waals surface area contributed by atoms with E-state index >= 15 is 0 Å². The van der Waals surface area contributed by atoms with E-state index in [1.165, 1.54) is 6.07 Å². The Morgan fingerprint density at radius 1 is 1.00 bits per heavy atom. The summed E-state index contributed by atoms with van der Waals surface area (Å²) >= 11 is 0. The maximum Gasteiger partial charge on any atom is 0.658 e. The molecule has 96 valence electrons. The minimum Gasteiger partial charge on any atom is -0.432 e. The van der Waals surface area contributed by atoms with Gasteiger partial charge in [-0.05, 0) is 16.2 Å². The highest BCUT2D eigenvalue weighted by molar-refractivity contribution is 6.61. The summed E-state index contributed by atoms with van der Waals surface area (Å²) in [5, 5.41) is 1.20. The normalized spacial score (nSPS) is 12.7. The molecule has 0 unspecified atom stereocenters. The van der Waals surface area contributed by atoms with Gasteiger partial charge in [0.05, 0.1) is 5.39 Å². The largest absolute Gasteiger partial charge is 0.658 e. The Balaban J connectivity index is 2.33. The molecule has 0 aliphatic heterocycles. The van der Waals surface area contributed by atoms with Gasteiger partial charge in [0.25, 0.3) is 0 Å². The fourth-order valence-electron chi connectivity index (χ4n) is 1.39. The van der Waals surface area contributed by atoms with Gasteiger partial charge in [0.15, 0.2) is 0 Å². The van der Waals surface area contributed by atoms with Crippen LogP contribution in [-0.4, -0.2) is 13.0 Å². The summed E-state index contributed by atoms with van der Waals surface area (Å²) in [6.07, 6.45) is -3.63. The molecule has 1 heterocycles. The number of nitrogens with zero attached hydrogens (tertiary/aromatic N) is 1. The van der Waals surface area contributed by atoms with Crippen molar-refractivity contribution in [3.8, 4) is 0 Å². The number of aromatic nitrogens is 1. The maximum absolute atomic E-state index is 12.7. The highest BCUT2D eigenvalue weighted by atomic mass is 19.4. The fraction of sp³-hybridized carbons (Fsp3) is 0.100. The third kappa shape index (κ3) is 2.37. The molecule has 0 aliphatic carbocycles. The molecule has 0 fully saturated rings. The predicted octanol–water partition coefficient (Wildman–Crippen LogP) is 2.54. The Hall–Kier alpha value is -1.86. The molecule has 0 saturated heterocycles. The van der Waals surface area contributed by atoms with Crippen LogP contribution in [0.1, 0.15) is 0 Å². The van der Waals surface area contributed by atoms with Gasteiger partial charge in [-0.3, -0.25) is 0 Å². The quantitative estimate of drug-likeness (QED) is 0.461. The third-order valence-electron chi connectivity index (χ3n) is 2.30. The molecule has 18 heavy (non-hydrogen) atoms. The first-order chi connectivity index (χ1) is 8.29. The van der Waals surface area contributed by atoms with Gasteiger partial charge in [0, 0.05) is 6.07 Å². The van der Waals surface area contributed by atoms with E-state index in [4.69, 9.17) is 0 Å². The number of hydrogen-bond acceptors (Lipinski definition) is 1. The number of halogens is 5. The van der Waals surface area contributed by atoms with Crippen molar-refractivity contribution in [2.75, 3.05) is 0 Å². The fourth-order valence-corrected chi connectivity index (χ4v) is 1.39. The van der Waals surface area contributed by atoms with Crippen LogP contribution in [0, 0.1) is 0 Å². The van der Waals surface area contributed by atoms with Crippen molar-refractivity contribution in [2.24, 2.45) is 0 Å². The molecule has 2 nitrogen and oxygen atoms in total. The average Bonchev–Trinajstić information content (AvgIpc) is 2.27. The van der Waals surface area contributed by atoms with E-state index < -0.39 is 13.0 Å². The molecule has 0 aliphatic rings. The molecule has 2 rings (SSSR count). The molecule has 0 bridgehead atoms. The highest BCUT2D eigenvalue weighted by Gasteiger charge is 2.60. The van der Waals surface area contributed by atoms with E-state index in [2.05, 4.69) is 4.76 Å². The molecule has 0 atom stereocenters. The summed E-state index contributed by atoms with van der Waals surface area (Å²) in [6, 6.07) is 8.03. The van der Waals surface area contributed by atoms with Gasteiger partial charge < -0.3 is 13.4 Å². The minimum atomic E-state index is -5.93. The Bertz CT molecular complexity index is 571. The second-order valence-corrected chi connectivity index (χ2v) is 3.68. The lowest BCUT2D eigenvalue weighted by Gasteiger charge is -2.22. The lowest BCUT2D eigenvalue weighted by Crippen LogP contribution is -2.61. The number of fused-ring (bicyclic) bond motifs is 1. The van der Waals surface area contributed by atoms with E-state index in [-0.39, 0.29) is 0 Å². The standard InChI is InChI=1S/C10H7BF5NO/c12-10(13,14)11(15,16)18-17-6-5-8-3-1-2-4-9(8)7-17/h1-7H. The zero-order valence-corrected chi connectivity index (χ0v) is 8.86. The summed E-state index contributed by atoms with van der Waals surface area (Å²) in [4.78, 5) is 0. The van der Waals surface area contributed by atoms with Gasteiger partial charge in [0.1, 0.15) is 0 Å². The Labute approximate surface area is 98.6 Å². The van der Waals surface area contributed by atoms with Crippen LogP contribution < -0.4 is 9.49 Å². The lowest BCUT2D eigenvalue weighted by molar-refractivity contribution is -0.867. The van der Waals surface area contributed by atoms with Crippen LogP contribution in [0.3, 0.4) is 0 Å². The van der Waals surface area contributed by atoms with Crippen molar-refractivity contribution < 1.29 is 31.3 Å². The van der Waals surface area contributed by atoms with E-state index in [1.807, 2.05) is 0 Å². The van der Waals surface area contributed by atoms with Crippen LogP contribution in [-0.2, 0) is 0 Å². The molecule has 0 saturated carbocycles. The van der Waals surface area contributed by atoms with E-state index in [1.54, 1.807) is 24.3 Å². The zero-order chi connectivity index (χ0) is 13.4. The van der Waals surface area contributed by atoms with Gasteiger partial charge in [-0.15, -0.1) is 0 Å². The summed E-state index contributed by atoms with van der Waals surface area (Å²) < 4.78 is 65.4. The zero-order valence-electron chi connectivity index (χ0n) is 8.86. The first-order valence-corrected chi connectivity index (χ1v) is 4.96. The van der Waals surface area contributed by atoms with Crippen molar-refractivity contribution in [1.82, 2.24) is 0 Å². The van der Waals surface area contributed by atoms with Crippen LogP contribution in [0.5, 0.6) is 0 Å². The topological polar surface area (TPSA) is 13.1 Å². The number of hydrogen-bond donors (Lipinski definition) is 0. The second kappa shape index (κ2) is 4.11. The third-order valence-corrected chi connectivity index (χ3v) is 2.30. The predicted molar refractivity (Wildman–Crippen MR) is 54.7 cm³/mol. The number of alkyl halides is 3. The maximum atomic E-state index is 12.7. The van der Waals surface area contributed by atoms with Crippen molar-refractivity contribution in [2.45, 2.75) is 6.08 Å². The van der Waals surface area contributed by atoms with Gasteiger partial charge in [-0.2, -0.15) is 0 Å². The Morgan fingerprint density at radius 2 is 1.61 bits per heavy atom. The molecule has 1 aromatic carbocycles. The number of benzene rings is 1. The molecule has 2 aromatic rings. The molecular weight excluding hydrogens is 256 g/mol. The van der Waals surface area contributed by atoms with E-state index in [0.29, 0.717) is 15.5 Å². The molecule has 0 spiro atoms. The van der Waals surface area contributed by atoms with Gasteiger partial charge in [-0.25, -0.2) is 13.2 Å². The first-order valence-electron chi connectivity index (χ1n) is 4.96. The number of rotatable bonds is 2. The summed E-state index contributed by atoms with van der Waals surface area (Å²) in [7, 11) is 0. The van der Waals surface area contributed by atoms with Gasteiger partial charge in [-0.1, -0.05) is 18.2 Å². The van der Waals surface area contributed by atoms with Crippen LogP contribution >= 0.6 is 0 Å². The Morgan fingerprint density at radius 3 is 2.22 bits per heavy atom. The molecule has 0 amide bonds. The van der Waals surface area contributed by atoms with Crippen LogP contribution in [0.15, 0.2) is 42.7 Å². The Kier molecular flexibility index (Phi) is 2.88. The minimum absolute atomic E-state index is 0.371. The SMILES string of the molecule is F[B-](F)(O[n+]1ccc2ccccc2c1)C(F)(F)F. The lowest BCUT2D eigenvalue weighted by atomic mass is 9.87. The second-order valence-electron chi connectivity index (χ2n) is 3.68. The van der Waals surface area contributed by atoms with Crippen molar-refractivity contribution in [3.63, 3.8) is 0 Å². The molecule has 8 heteroatoms. The van der Waals surface area contributed by atoms with E-state index in [9.17, 15) is 21.8 Å². The van der Waals surface area contributed by atoms with Crippen molar-refractivity contribution >= 4 is 17.7 Å². The summed E-state index contributed by atoms with van der Waals surface area (Å²) in [5.41, 5.74) is 0. The van der Waals surface area contributed by atoms with Crippen LogP contribution in [0.2, 0.25) is 0 Å². The highest BCUT2D eigenvalue weighted by Crippen LogP contribution is 2.29. The van der Waals surface area contributed by atoms with E-state index in [0.717, 1.165) is 12.4 Å². The monoisotopic (exact) mass is 263 g/mol. The molecule has 0 radical (unpaired) electrons. The van der Waals surface area contributed by atoms with Crippen molar-refractivity contribution in [1.29, 1.82) is 0 Å². The smallest absolute Gasteiger partial charge is 0.432 e. The van der Waals surface area contributed by atoms with Crippen LogP contribution in [0.25, 0.3) is 10.8 Å². The van der Waals surface area contributed by atoms with Gasteiger partial charge in [0.2, 0.25) is 12.4 Å². The van der Waals surface area contributed by atoms with Crippen molar-refractivity contribution in [3.05, 3.63) is 42.7 Å². The average molecular weight is 263 g/mol.